The van der Waals surface area contributed by atoms with Gasteiger partial charge in [0.25, 0.3) is 5.91 Å². The van der Waals surface area contributed by atoms with Gasteiger partial charge in [-0.25, -0.2) is 9.37 Å². The number of para-hydroxylation sites is 2. The number of nitrogens with one attached hydrogen (secondary N) is 1. The largest absolute Gasteiger partial charge is 0.352 e. The van der Waals surface area contributed by atoms with Crippen molar-refractivity contribution in [2.75, 3.05) is 6.54 Å². The lowest BCUT2D eigenvalue weighted by Gasteiger charge is -2.13. The van der Waals surface area contributed by atoms with Crippen LogP contribution in [0.3, 0.4) is 0 Å². The fourth-order valence-corrected chi connectivity index (χ4v) is 3.82. The molecule has 0 saturated carbocycles. The molecule has 4 nitrogen and oxygen atoms in total. The number of carbonyl (C=O) groups excluding carboxylic acids is 1. The van der Waals surface area contributed by atoms with Gasteiger partial charge in [-0.05, 0) is 55.7 Å². The fourth-order valence-electron chi connectivity index (χ4n) is 3.82. The van der Waals surface area contributed by atoms with Crippen molar-refractivity contribution in [1.82, 2.24) is 14.9 Å². The highest BCUT2D eigenvalue weighted by Gasteiger charge is 2.13. The molecule has 0 fully saturated rings. The van der Waals surface area contributed by atoms with E-state index in [1.54, 1.807) is 12.1 Å². The summed E-state index contributed by atoms with van der Waals surface area (Å²) in [5.41, 5.74) is 5.92. The molecule has 1 N–H and O–H groups in total. The van der Waals surface area contributed by atoms with Crippen molar-refractivity contribution in [2.24, 2.45) is 0 Å². The van der Waals surface area contributed by atoms with Crippen LogP contribution in [0.25, 0.3) is 11.0 Å². The molecule has 0 unspecified atom stereocenters. The number of rotatable bonds is 7. The van der Waals surface area contributed by atoms with Crippen LogP contribution in [0.1, 0.15) is 39.3 Å². The van der Waals surface area contributed by atoms with E-state index in [1.165, 1.54) is 28.8 Å². The summed E-state index contributed by atoms with van der Waals surface area (Å²) >= 11 is 0. The summed E-state index contributed by atoms with van der Waals surface area (Å²) in [5.74, 6) is 0.0968. The first-order chi connectivity index (χ1) is 15.0. The third kappa shape index (κ3) is 4.66. The first kappa shape index (κ1) is 20.8. The van der Waals surface area contributed by atoms with Crippen LogP contribution < -0.4 is 5.32 Å². The number of hydrogen-bond acceptors (Lipinski definition) is 2. The minimum absolute atomic E-state index is 0.0738. The quantitative estimate of drug-likeness (QED) is 0.422. The molecular weight excluding hydrogens is 389 g/mol. The molecule has 0 aliphatic rings. The molecule has 31 heavy (non-hydrogen) atoms. The second-order valence-electron chi connectivity index (χ2n) is 7.87. The van der Waals surface area contributed by atoms with Crippen molar-refractivity contribution in [3.05, 3.63) is 101 Å². The van der Waals surface area contributed by atoms with Crippen LogP contribution in [0.15, 0.2) is 66.7 Å². The van der Waals surface area contributed by atoms with Gasteiger partial charge in [0.05, 0.1) is 16.6 Å². The monoisotopic (exact) mass is 415 g/mol. The third-order valence-corrected chi connectivity index (χ3v) is 5.55. The van der Waals surface area contributed by atoms with Crippen LogP contribution in [0.2, 0.25) is 0 Å². The topological polar surface area (TPSA) is 46.9 Å². The number of halogens is 1. The maximum atomic E-state index is 13.8. The zero-order valence-electron chi connectivity index (χ0n) is 17.9. The van der Waals surface area contributed by atoms with Gasteiger partial charge in [0.2, 0.25) is 0 Å². The molecule has 0 radical (unpaired) electrons. The molecule has 4 aromatic rings. The Kier molecular flexibility index (Phi) is 6.12. The molecule has 0 bridgehead atoms. The number of hydrogen-bond donors (Lipinski definition) is 1. The standard InChI is InChI=1S/C26H26FN3O/c1-18-13-14-19(2)20(16-18)17-30-24-11-6-5-10-23(24)29-25(30)12-7-15-28-26(31)21-8-3-4-9-22(21)27/h3-6,8-11,13-14,16H,7,12,15,17H2,1-2H3,(H,28,31). The van der Waals surface area contributed by atoms with E-state index in [1.807, 2.05) is 18.2 Å². The minimum Gasteiger partial charge on any atom is -0.352 e. The van der Waals surface area contributed by atoms with Crippen molar-refractivity contribution >= 4 is 16.9 Å². The molecule has 3 aromatic carbocycles. The number of carbonyl (C=O) groups is 1. The van der Waals surface area contributed by atoms with Gasteiger partial charge in [-0.3, -0.25) is 4.79 Å². The Morgan fingerprint density at radius 1 is 1.03 bits per heavy atom. The number of aromatic nitrogens is 2. The number of imidazole rings is 1. The SMILES string of the molecule is Cc1ccc(C)c(Cn2c(CCCNC(=O)c3ccccc3F)nc3ccccc32)c1. The number of aryl methyl sites for hydroxylation is 3. The summed E-state index contributed by atoms with van der Waals surface area (Å²) in [4.78, 5) is 17.1. The lowest BCUT2D eigenvalue weighted by atomic mass is 10.1. The van der Waals surface area contributed by atoms with Crippen LogP contribution in [-0.4, -0.2) is 22.0 Å². The molecule has 0 atom stereocenters. The summed E-state index contributed by atoms with van der Waals surface area (Å²) in [7, 11) is 0. The Morgan fingerprint density at radius 2 is 1.81 bits per heavy atom. The van der Waals surface area contributed by atoms with Crippen molar-refractivity contribution in [3.8, 4) is 0 Å². The Balaban J connectivity index is 1.49. The van der Waals surface area contributed by atoms with E-state index in [0.29, 0.717) is 6.54 Å². The second-order valence-corrected chi connectivity index (χ2v) is 7.87. The first-order valence-corrected chi connectivity index (χ1v) is 10.6. The van der Waals surface area contributed by atoms with Gasteiger partial charge in [-0.15, -0.1) is 0 Å². The van der Waals surface area contributed by atoms with Gasteiger partial charge in [0.15, 0.2) is 0 Å². The van der Waals surface area contributed by atoms with Gasteiger partial charge in [0, 0.05) is 19.5 Å². The Hall–Kier alpha value is -3.47. The molecule has 1 aromatic heterocycles. The van der Waals surface area contributed by atoms with Crippen LogP contribution in [0, 0.1) is 19.7 Å². The first-order valence-electron chi connectivity index (χ1n) is 10.6. The summed E-state index contributed by atoms with van der Waals surface area (Å²) in [6.07, 6.45) is 1.44. The van der Waals surface area contributed by atoms with Crippen molar-refractivity contribution in [2.45, 2.75) is 33.2 Å². The fraction of sp³-hybridized carbons (Fsp3) is 0.231. The van der Waals surface area contributed by atoms with E-state index in [-0.39, 0.29) is 11.5 Å². The minimum atomic E-state index is -0.504. The molecule has 4 rings (SSSR count). The summed E-state index contributed by atoms with van der Waals surface area (Å²) < 4.78 is 16.0. The molecule has 5 heteroatoms. The predicted molar refractivity (Wildman–Crippen MR) is 122 cm³/mol. The van der Waals surface area contributed by atoms with E-state index < -0.39 is 5.82 Å². The predicted octanol–water partition coefficient (Wildman–Crippen LogP) is 5.20. The van der Waals surface area contributed by atoms with E-state index in [9.17, 15) is 9.18 Å². The van der Waals surface area contributed by atoms with E-state index in [4.69, 9.17) is 4.98 Å². The zero-order valence-corrected chi connectivity index (χ0v) is 17.9. The average molecular weight is 416 g/mol. The van der Waals surface area contributed by atoms with Crippen LogP contribution in [0.5, 0.6) is 0 Å². The number of amides is 1. The Morgan fingerprint density at radius 3 is 2.65 bits per heavy atom. The van der Waals surface area contributed by atoms with E-state index in [2.05, 4.69) is 48.0 Å². The van der Waals surface area contributed by atoms with Gasteiger partial charge in [0.1, 0.15) is 11.6 Å². The highest BCUT2D eigenvalue weighted by atomic mass is 19.1. The summed E-state index contributed by atoms with van der Waals surface area (Å²) in [6, 6.07) is 20.7. The smallest absolute Gasteiger partial charge is 0.254 e. The van der Waals surface area contributed by atoms with E-state index in [0.717, 1.165) is 36.2 Å². The van der Waals surface area contributed by atoms with Gasteiger partial charge >= 0.3 is 0 Å². The summed E-state index contributed by atoms with van der Waals surface area (Å²) in [5, 5.41) is 2.81. The Labute approximate surface area is 181 Å². The van der Waals surface area contributed by atoms with Gasteiger partial charge in [-0.1, -0.05) is 48.0 Å². The number of fused-ring (bicyclic) bond motifs is 1. The zero-order chi connectivity index (χ0) is 21.8. The van der Waals surface area contributed by atoms with E-state index >= 15 is 0 Å². The average Bonchev–Trinajstić information content (AvgIpc) is 3.11. The normalized spacial score (nSPS) is 11.1. The van der Waals surface area contributed by atoms with Crippen LogP contribution in [0.4, 0.5) is 4.39 Å². The Bertz CT molecular complexity index is 1230. The van der Waals surface area contributed by atoms with Crippen molar-refractivity contribution in [1.29, 1.82) is 0 Å². The maximum Gasteiger partial charge on any atom is 0.254 e. The highest BCUT2D eigenvalue weighted by Crippen LogP contribution is 2.21. The molecule has 0 aliphatic carbocycles. The second kappa shape index (κ2) is 9.13. The third-order valence-electron chi connectivity index (χ3n) is 5.55. The van der Waals surface area contributed by atoms with Crippen LogP contribution >= 0.6 is 0 Å². The van der Waals surface area contributed by atoms with Gasteiger partial charge in [-0.2, -0.15) is 0 Å². The number of benzene rings is 3. The molecule has 0 spiro atoms. The highest BCUT2D eigenvalue weighted by molar-refractivity contribution is 5.94. The maximum absolute atomic E-state index is 13.8. The van der Waals surface area contributed by atoms with Crippen molar-refractivity contribution in [3.63, 3.8) is 0 Å². The molecule has 1 heterocycles. The lowest BCUT2D eigenvalue weighted by Crippen LogP contribution is -2.25. The van der Waals surface area contributed by atoms with Gasteiger partial charge < -0.3 is 9.88 Å². The molecule has 0 aliphatic heterocycles. The summed E-state index contributed by atoms with van der Waals surface area (Å²) in [6.45, 7) is 5.45. The molecule has 1 amide bonds. The molecular formula is C26H26FN3O. The van der Waals surface area contributed by atoms with Crippen LogP contribution in [-0.2, 0) is 13.0 Å². The lowest BCUT2D eigenvalue weighted by molar-refractivity contribution is 0.0949. The molecule has 158 valence electrons. The molecule has 0 saturated heterocycles. The van der Waals surface area contributed by atoms with Crippen molar-refractivity contribution < 1.29 is 9.18 Å². The number of nitrogens with zero attached hydrogens (tertiary/aromatic N) is 2.